The van der Waals surface area contributed by atoms with Crippen molar-refractivity contribution in [2.75, 3.05) is 51.2 Å². The second-order valence-corrected chi connectivity index (χ2v) is 4.56. The summed E-state index contributed by atoms with van der Waals surface area (Å²) in [5.41, 5.74) is 1.84. The average Bonchev–Trinajstić information content (AvgIpc) is 2.45. The lowest BCUT2D eigenvalue weighted by Gasteiger charge is -2.14. The lowest BCUT2D eigenvalue weighted by atomic mass is 10.2. The lowest BCUT2D eigenvalue weighted by Crippen LogP contribution is -2.24. The summed E-state index contributed by atoms with van der Waals surface area (Å²) in [5, 5.41) is 25.3. The quantitative estimate of drug-likeness (QED) is 0.501. The van der Waals surface area contributed by atoms with Gasteiger partial charge in [0.05, 0.1) is 25.4 Å². The van der Waals surface area contributed by atoms with Crippen molar-refractivity contribution in [3.8, 4) is 0 Å². The highest BCUT2D eigenvalue weighted by molar-refractivity contribution is 5.53. The topological polar surface area (TPSA) is 83.0 Å². The number of anilines is 2. The highest BCUT2D eigenvalue weighted by Gasteiger charge is 2.04. The molecule has 6 nitrogen and oxygen atoms in total. The molecule has 0 aliphatic heterocycles. The van der Waals surface area contributed by atoms with Crippen molar-refractivity contribution in [3.63, 3.8) is 0 Å². The van der Waals surface area contributed by atoms with Gasteiger partial charge in [0, 0.05) is 38.7 Å². The molecule has 2 unspecified atom stereocenters. The number of benzene rings is 1. The molecule has 4 N–H and O–H groups in total. The molecule has 1 aromatic rings. The molecule has 20 heavy (non-hydrogen) atoms. The van der Waals surface area contributed by atoms with Crippen LogP contribution in [-0.4, -0.2) is 62.9 Å². The Labute approximate surface area is 119 Å². The largest absolute Gasteiger partial charge is 0.389 e. The van der Waals surface area contributed by atoms with E-state index in [0.717, 1.165) is 11.4 Å². The zero-order valence-corrected chi connectivity index (χ0v) is 12.0. The van der Waals surface area contributed by atoms with Crippen LogP contribution in [-0.2, 0) is 9.47 Å². The third-order valence-corrected chi connectivity index (χ3v) is 2.69. The molecule has 0 aromatic heterocycles. The molecule has 1 rings (SSSR count). The van der Waals surface area contributed by atoms with Crippen LogP contribution in [0.25, 0.3) is 0 Å². The van der Waals surface area contributed by atoms with Crippen molar-refractivity contribution in [3.05, 3.63) is 24.3 Å². The van der Waals surface area contributed by atoms with Crippen LogP contribution in [0, 0.1) is 0 Å². The zero-order chi connectivity index (χ0) is 14.8. The van der Waals surface area contributed by atoms with Crippen LogP contribution in [0.15, 0.2) is 24.3 Å². The van der Waals surface area contributed by atoms with Crippen LogP contribution in [0.2, 0.25) is 0 Å². The van der Waals surface area contributed by atoms with Gasteiger partial charge < -0.3 is 30.3 Å². The van der Waals surface area contributed by atoms with Crippen molar-refractivity contribution < 1.29 is 19.7 Å². The lowest BCUT2D eigenvalue weighted by molar-refractivity contribution is 0.0726. The van der Waals surface area contributed by atoms with E-state index in [4.69, 9.17) is 9.47 Å². The first-order valence-corrected chi connectivity index (χ1v) is 6.57. The minimum atomic E-state index is -0.526. The van der Waals surface area contributed by atoms with Gasteiger partial charge in [-0.2, -0.15) is 0 Å². The second kappa shape index (κ2) is 9.55. The Morgan fingerprint density at radius 2 is 1.20 bits per heavy atom. The molecule has 0 saturated heterocycles. The molecule has 0 amide bonds. The van der Waals surface area contributed by atoms with E-state index in [2.05, 4.69) is 10.6 Å². The van der Waals surface area contributed by atoms with E-state index >= 15 is 0 Å². The number of rotatable bonds is 10. The SMILES string of the molecule is COCC(O)CNc1ccc(NCC(O)COC)cc1. The summed E-state index contributed by atoms with van der Waals surface area (Å²) < 4.78 is 9.70. The molecule has 2 atom stereocenters. The summed E-state index contributed by atoms with van der Waals surface area (Å²) in [6.45, 7) is 1.49. The van der Waals surface area contributed by atoms with E-state index in [9.17, 15) is 10.2 Å². The standard InChI is InChI=1S/C14H24N2O4/c1-19-9-13(17)7-15-11-3-5-12(6-4-11)16-8-14(18)10-20-2/h3-6,13-18H,7-10H2,1-2H3. The van der Waals surface area contributed by atoms with Gasteiger partial charge in [-0.15, -0.1) is 0 Å². The van der Waals surface area contributed by atoms with Gasteiger partial charge in [0.15, 0.2) is 0 Å². The third-order valence-electron chi connectivity index (χ3n) is 2.69. The number of nitrogens with one attached hydrogen (secondary N) is 2. The smallest absolute Gasteiger partial charge is 0.0945 e. The van der Waals surface area contributed by atoms with Crippen LogP contribution in [0.3, 0.4) is 0 Å². The van der Waals surface area contributed by atoms with Crippen molar-refractivity contribution in [1.29, 1.82) is 0 Å². The van der Waals surface area contributed by atoms with Gasteiger partial charge >= 0.3 is 0 Å². The Hall–Kier alpha value is -1.34. The number of ether oxygens (including phenoxy) is 2. The molecule has 0 bridgehead atoms. The van der Waals surface area contributed by atoms with Gasteiger partial charge in [-0.3, -0.25) is 0 Å². The summed E-state index contributed by atoms with van der Waals surface area (Å²) in [6.07, 6.45) is -1.05. The predicted molar refractivity (Wildman–Crippen MR) is 79.2 cm³/mol. The van der Waals surface area contributed by atoms with Crippen molar-refractivity contribution in [1.82, 2.24) is 0 Å². The molecule has 0 radical (unpaired) electrons. The van der Waals surface area contributed by atoms with Crippen LogP contribution in [0.5, 0.6) is 0 Å². The second-order valence-electron chi connectivity index (χ2n) is 4.56. The van der Waals surface area contributed by atoms with E-state index in [1.807, 2.05) is 24.3 Å². The fourth-order valence-corrected chi connectivity index (χ4v) is 1.68. The van der Waals surface area contributed by atoms with Crippen molar-refractivity contribution in [2.24, 2.45) is 0 Å². The Morgan fingerprint density at radius 1 is 0.850 bits per heavy atom. The highest BCUT2D eigenvalue weighted by atomic mass is 16.5. The van der Waals surface area contributed by atoms with Crippen LogP contribution >= 0.6 is 0 Å². The van der Waals surface area contributed by atoms with E-state index in [0.29, 0.717) is 26.3 Å². The van der Waals surface area contributed by atoms with Crippen LogP contribution in [0.4, 0.5) is 11.4 Å². The highest BCUT2D eigenvalue weighted by Crippen LogP contribution is 2.13. The van der Waals surface area contributed by atoms with Crippen LogP contribution in [0.1, 0.15) is 0 Å². The molecule has 0 aliphatic rings. The molecular weight excluding hydrogens is 260 g/mol. The molecule has 0 fully saturated rings. The van der Waals surface area contributed by atoms with Gasteiger partial charge in [0.25, 0.3) is 0 Å². The summed E-state index contributed by atoms with van der Waals surface area (Å²) in [7, 11) is 3.11. The number of aliphatic hydroxyl groups excluding tert-OH is 2. The first-order valence-electron chi connectivity index (χ1n) is 6.57. The first kappa shape index (κ1) is 16.7. The molecule has 6 heteroatoms. The van der Waals surface area contributed by atoms with Gasteiger partial charge in [0.1, 0.15) is 0 Å². The number of methoxy groups -OCH3 is 2. The minimum absolute atomic E-state index is 0.310. The number of hydrogen-bond acceptors (Lipinski definition) is 6. The third kappa shape index (κ3) is 6.72. The van der Waals surface area contributed by atoms with E-state index in [1.54, 1.807) is 14.2 Å². The molecular formula is C14H24N2O4. The van der Waals surface area contributed by atoms with Gasteiger partial charge in [-0.05, 0) is 24.3 Å². The molecule has 0 spiro atoms. The van der Waals surface area contributed by atoms with Gasteiger partial charge in [-0.25, -0.2) is 0 Å². The van der Waals surface area contributed by atoms with E-state index in [1.165, 1.54) is 0 Å². The molecule has 1 aromatic carbocycles. The maximum atomic E-state index is 9.52. The zero-order valence-electron chi connectivity index (χ0n) is 12.0. The monoisotopic (exact) mass is 284 g/mol. The normalized spacial score (nSPS) is 13.8. The minimum Gasteiger partial charge on any atom is -0.389 e. The maximum absolute atomic E-state index is 9.52. The Kier molecular flexibility index (Phi) is 7.98. The Morgan fingerprint density at radius 3 is 1.50 bits per heavy atom. The fraction of sp³-hybridized carbons (Fsp3) is 0.571. The van der Waals surface area contributed by atoms with Crippen LogP contribution < -0.4 is 10.6 Å². The van der Waals surface area contributed by atoms with Crippen molar-refractivity contribution in [2.45, 2.75) is 12.2 Å². The molecule has 0 aliphatic carbocycles. The molecule has 114 valence electrons. The number of aliphatic hydroxyl groups is 2. The summed E-state index contributed by atoms with van der Waals surface area (Å²) in [5.74, 6) is 0. The maximum Gasteiger partial charge on any atom is 0.0945 e. The fourth-order valence-electron chi connectivity index (χ4n) is 1.68. The van der Waals surface area contributed by atoms with Gasteiger partial charge in [-0.1, -0.05) is 0 Å². The summed E-state index contributed by atoms with van der Waals surface area (Å²) in [4.78, 5) is 0. The summed E-state index contributed by atoms with van der Waals surface area (Å²) >= 11 is 0. The van der Waals surface area contributed by atoms with E-state index < -0.39 is 12.2 Å². The Balaban J connectivity index is 2.32. The molecule has 0 saturated carbocycles. The predicted octanol–water partition coefficient (Wildman–Crippen LogP) is 0.525. The van der Waals surface area contributed by atoms with Crippen molar-refractivity contribution >= 4 is 11.4 Å². The van der Waals surface area contributed by atoms with E-state index in [-0.39, 0.29) is 0 Å². The molecule has 0 heterocycles. The number of hydrogen-bond donors (Lipinski definition) is 4. The average molecular weight is 284 g/mol. The first-order chi connectivity index (χ1) is 9.65. The summed E-state index contributed by atoms with van der Waals surface area (Å²) in [6, 6.07) is 7.63. The van der Waals surface area contributed by atoms with Gasteiger partial charge in [0.2, 0.25) is 0 Å². The Bertz CT molecular complexity index is 324.